The zero-order valence-corrected chi connectivity index (χ0v) is 11.8. The van der Waals surface area contributed by atoms with Crippen molar-refractivity contribution in [1.29, 1.82) is 0 Å². The monoisotopic (exact) mass is 279 g/mol. The molecule has 20 heavy (non-hydrogen) atoms. The van der Waals surface area contributed by atoms with Crippen molar-refractivity contribution >= 4 is 11.7 Å². The Morgan fingerprint density at radius 3 is 2.50 bits per heavy atom. The Hall–Kier alpha value is -1.20. The third-order valence-corrected chi connectivity index (χ3v) is 5.09. The molecule has 0 aromatic rings. The van der Waals surface area contributed by atoms with E-state index in [0.29, 0.717) is 25.7 Å². The summed E-state index contributed by atoms with van der Waals surface area (Å²) in [4.78, 5) is 31.1. The molecule has 1 aliphatic heterocycles. The van der Waals surface area contributed by atoms with E-state index < -0.39 is 17.1 Å². The first kappa shape index (κ1) is 13.8. The predicted octanol–water partition coefficient (Wildman–Crippen LogP) is 1.36. The highest BCUT2D eigenvalue weighted by Crippen LogP contribution is 2.51. The quantitative estimate of drug-likeness (QED) is 0.581. The first-order valence-corrected chi connectivity index (χ1v) is 7.38. The zero-order chi connectivity index (χ0) is 14.4. The van der Waals surface area contributed by atoms with E-state index in [9.17, 15) is 14.7 Å². The predicted molar refractivity (Wildman–Crippen MR) is 71.5 cm³/mol. The highest BCUT2D eigenvalue weighted by molar-refractivity contribution is 6.17. The highest BCUT2D eigenvalue weighted by atomic mass is 16.7. The average Bonchev–Trinajstić information content (AvgIpc) is 2.64. The number of aliphatic hydroxyl groups excluding tert-OH is 1. The minimum Gasteiger partial charge on any atom is -0.389 e. The Balaban J connectivity index is 2.05. The summed E-state index contributed by atoms with van der Waals surface area (Å²) in [7, 11) is 1.44. The summed E-state index contributed by atoms with van der Waals surface area (Å²) in [5.41, 5.74) is -1.89. The summed E-state index contributed by atoms with van der Waals surface area (Å²) in [5.74, 6) is -0.217. The summed E-state index contributed by atoms with van der Waals surface area (Å²) in [6, 6.07) is 0. The summed E-state index contributed by atoms with van der Waals surface area (Å²) in [5, 5.41) is 10.9. The Labute approximate surface area is 118 Å². The van der Waals surface area contributed by atoms with Crippen LogP contribution in [0.15, 0.2) is 12.2 Å². The van der Waals surface area contributed by atoms with E-state index in [1.165, 1.54) is 12.2 Å². The van der Waals surface area contributed by atoms with Gasteiger partial charge in [0.25, 0.3) is 5.91 Å². The maximum absolute atomic E-state index is 13.1. The number of carbonyl (C=O) groups excluding carboxylic acids is 2. The molecule has 1 amide bonds. The molecule has 1 N–H and O–H groups in total. The van der Waals surface area contributed by atoms with Crippen LogP contribution in [0.1, 0.15) is 44.9 Å². The molecule has 0 radical (unpaired) electrons. The molecule has 2 aliphatic carbocycles. The van der Waals surface area contributed by atoms with E-state index in [0.717, 1.165) is 19.3 Å². The van der Waals surface area contributed by atoms with Gasteiger partial charge in [0, 0.05) is 0 Å². The van der Waals surface area contributed by atoms with Crippen molar-refractivity contribution in [2.75, 3.05) is 7.11 Å². The smallest absolute Gasteiger partial charge is 0.261 e. The van der Waals surface area contributed by atoms with E-state index in [1.807, 2.05) is 0 Å². The molecule has 110 valence electrons. The van der Waals surface area contributed by atoms with Crippen LogP contribution in [-0.2, 0) is 14.4 Å². The van der Waals surface area contributed by atoms with Gasteiger partial charge in [-0.1, -0.05) is 31.4 Å². The number of ketones is 1. The summed E-state index contributed by atoms with van der Waals surface area (Å²) >= 11 is 0. The highest BCUT2D eigenvalue weighted by Gasteiger charge is 2.66. The van der Waals surface area contributed by atoms with E-state index in [2.05, 4.69) is 0 Å². The average molecular weight is 279 g/mol. The lowest BCUT2D eigenvalue weighted by Crippen LogP contribution is -2.49. The molecule has 2 atom stereocenters. The second kappa shape index (κ2) is 4.67. The third kappa shape index (κ3) is 1.63. The fourth-order valence-corrected chi connectivity index (χ4v) is 4.00. The minimum absolute atomic E-state index is 0.0281. The molecule has 2 spiro atoms. The molecule has 0 aromatic heterocycles. The number of nitrogens with zero attached hydrogens (tertiary/aromatic N) is 1. The zero-order valence-electron chi connectivity index (χ0n) is 11.8. The second-order valence-corrected chi connectivity index (χ2v) is 6.14. The van der Waals surface area contributed by atoms with Gasteiger partial charge in [0.15, 0.2) is 5.78 Å². The van der Waals surface area contributed by atoms with Crippen LogP contribution < -0.4 is 0 Å². The second-order valence-electron chi connectivity index (χ2n) is 6.14. The van der Waals surface area contributed by atoms with Gasteiger partial charge in [-0.3, -0.25) is 14.4 Å². The fraction of sp³-hybridized carbons (Fsp3) is 0.733. The van der Waals surface area contributed by atoms with Crippen molar-refractivity contribution in [3.8, 4) is 0 Å². The van der Waals surface area contributed by atoms with Crippen molar-refractivity contribution in [1.82, 2.24) is 5.06 Å². The van der Waals surface area contributed by atoms with Gasteiger partial charge in [0.2, 0.25) is 0 Å². The molecule has 3 aliphatic rings. The fourth-order valence-electron chi connectivity index (χ4n) is 4.00. The van der Waals surface area contributed by atoms with Gasteiger partial charge in [0.1, 0.15) is 11.0 Å². The number of Topliss-reactive ketones (excluding diaryl/α,β-unsaturated/α-hetero) is 1. The van der Waals surface area contributed by atoms with Crippen LogP contribution in [0.2, 0.25) is 0 Å². The number of hydrogen-bond donors (Lipinski definition) is 1. The van der Waals surface area contributed by atoms with Crippen LogP contribution in [0.5, 0.6) is 0 Å². The molecular formula is C15H21NO4. The Morgan fingerprint density at radius 1 is 1.25 bits per heavy atom. The molecule has 1 heterocycles. The lowest BCUT2D eigenvalue weighted by atomic mass is 9.67. The molecule has 0 bridgehead atoms. The summed E-state index contributed by atoms with van der Waals surface area (Å²) in [6.45, 7) is 0. The maximum Gasteiger partial charge on any atom is 0.261 e. The van der Waals surface area contributed by atoms with Crippen molar-refractivity contribution in [3.63, 3.8) is 0 Å². The first-order valence-electron chi connectivity index (χ1n) is 7.38. The number of hydrogen-bond acceptors (Lipinski definition) is 4. The van der Waals surface area contributed by atoms with E-state index in [-0.39, 0.29) is 11.7 Å². The molecule has 0 aromatic carbocycles. The molecule has 0 unspecified atom stereocenters. The standard InChI is InChI=1S/C15H21NO4/c1-20-16-13(19)14(7-3-2-4-8-14)12(18)15(16)9-5-11(17)6-10-15/h5,9,11,17H,2-4,6-8,10H2,1H3/t11-,15+/m1/s1. The van der Waals surface area contributed by atoms with E-state index in [4.69, 9.17) is 4.84 Å². The van der Waals surface area contributed by atoms with Crippen molar-refractivity contribution < 1.29 is 19.5 Å². The van der Waals surface area contributed by atoms with E-state index >= 15 is 0 Å². The van der Waals surface area contributed by atoms with Crippen LogP contribution in [0.4, 0.5) is 0 Å². The van der Waals surface area contributed by atoms with Crippen molar-refractivity contribution in [2.24, 2.45) is 5.41 Å². The Kier molecular flexibility index (Phi) is 3.21. The SMILES string of the molecule is CON1C(=O)C2(CCCCC2)C(=O)[C@@]12C=C[C@@H](O)CC2. The van der Waals surface area contributed by atoms with Gasteiger partial charge in [-0.05, 0) is 25.7 Å². The van der Waals surface area contributed by atoms with Crippen LogP contribution in [0, 0.1) is 5.41 Å². The third-order valence-electron chi connectivity index (χ3n) is 5.09. The van der Waals surface area contributed by atoms with Crippen molar-refractivity contribution in [2.45, 2.75) is 56.6 Å². The van der Waals surface area contributed by atoms with Crippen LogP contribution in [-0.4, -0.2) is 40.6 Å². The largest absolute Gasteiger partial charge is 0.389 e. The van der Waals surface area contributed by atoms with Gasteiger partial charge in [0.05, 0.1) is 13.2 Å². The normalized spacial score (nSPS) is 36.3. The number of amides is 1. The lowest BCUT2D eigenvalue weighted by Gasteiger charge is -2.35. The number of rotatable bonds is 1. The van der Waals surface area contributed by atoms with Crippen molar-refractivity contribution in [3.05, 3.63) is 12.2 Å². The number of carbonyl (C=O) groups is 2. The van der Waals surface area contributed by atoms with Crippen LogP contribution in [0.25, 0.3) is 0 Å². The number of hydroxylamine groups is 2. The molecule has 1 saturated heterocycles. The Bertz CT molecular complexity index is 466. The molecular weight excluding hydrogens is 258 g/mol. The van der Waals surface area contributed by atoms with Gasteiger partial charge >= 0.3 is 0 Å². The summed E-state index contributed by atoms with van der Waals surface area (Å²) < 4.78 is 0. The van der Waals surface area contributed by atoms with Gasteiger partial charge in [-0.15, -0.1) is 0 Å². The molecule has 3 rings (SSSR count). The van der Waals surface area contributed by atoms with Crippen LogP contribution in [0.3, 0.4) is 0 Å². The molecule has 5 heteroatoms. The van der Waals surface area contributed by atoms with Gasteiger partial charge in [-0.2, -0.15) is 0 Å². The topological polar surface area (TPSA) is 66.8 Å². The molecule has 5 nitrogen and oxygen atoms in total. The number of aliphatic hydroxyl groups is 1. The summed E-state index contributed by atoms with van der Waals surface area (Å²) in [6.07, 6.45) is 7.83. The minimum atomic E-state index is -0.998. The van der Waals surface area contributed by atoms with Gasteiger partial charge in [-0.25, -0.2) is 5.06 Å². The first-order chi connectivity index (χ1) is 9.57. The molecule has 1 saturated carbocycles. The Morgan fingerprint density at radius 2 is 1.95 bits per heavy atom. The lowest BCUT2D eigenvalue weighted by molar-refractivity contribution is -0.194. The maximum atomic E-state index is 13.1. The molecule has 2 fully saturated rings. The van der Waals surface area contributed by atoms with E-state index in [1.54, 1.807) is 12.2 Å². The van der Waals surface area contributed by atoms with Gasteiger partial charge < -0.3 is 5.11 Å². The van der Waals surface area contributed by atoms with Crippen LogP contribution >= 0.6 is 0 Å².